The Hall–Kier alpha value is -3.70. The van der Waals surface area contributed by atoms with Crippen LogP contribution in [-0.2, 0) is 14.4 Å². The second-order valence-electron chi connectivity index (χ2n) is 9.82. The fraction of sp³-hybridized carbons (Fsp3) is 0.455. The second-order valence-corrected chi connectivity index (χ2v) is 9.82. The standard InChI is InChI=1S/4C7H10O2.C5H4O2/c2*1-2-5-3-6(8)4-7(5)9;1-2-6(8)7-4-3-5-9-7;1-2-5-6(8)3-4-7(5)9;6-4-5-2-1-3-7-5/h2*3,6,8H,2,4H2,1H3;2*3-6,8H,2H2,1H3;1-4H. The molecule has 0 bridgehead atoms. The summed E-state index contributed by atoms with van der Waals surface area (Å²) in [7, 11) is 0. The van der Waals surface area contributed by atoms with Gasteiger partial charge in [-0.15, -0.1) is 0 Å². The zero-order valence-electron chi connectivity index (χ0n) is 25.2. The predicted octanol–water partition coefficient (Wildman–Crippen LogP) is 4.64. The van der Waals surface area contributed by atoms with Gasteiger partial charge in [0, 0.05) is 12.8 Å². The first kappa shape index (κ1) is 37.3. The molecule has 3 aliphatic rings. The molecule has 2 aromatic heterocycles. The van der Waals surface area contributed by atoms with Gasteiger partial charge in [0.05, 0.1) is 36.8 Å². The molecule has 3 aliphatic carbocycles. The number of hydrogen-bond acceptors (Lipinski definition) is 10. The van der Waals surface area contributed by atoms with Gasteiger partial charge in [0.1, 0.15) is 11.9 Å². The van der Waals surface area contributed by atoms with Crippen molar-refractivity contribution >= 4 is 23.6 Å². The second kappa shape index (κ2) is 20.2. The summed E-state index contributed by atoms with van der Waals surface area (Å²) >= 11 is 0. The quantitative estimate of drug-likeness (QED) is 0.342. The minimum Gasteiger partial charge on any atom is -0.467 e. The highest BCUT2D eigenvalue weighted by atomic mass is 16.4. The number of hydrogen-bond donors (Lipinski definition) is 4. The Kier molecular flexibility index (Phi) is 17.6. The number of aliphatic hydroxyl groups is 4. The summed E-state index contributed by atoms with van der Waals surface area (Å²) in [4.78, 5) is 42.1. The van der Waals surface area contributed by atoms with E-state index in [0.717, 1.165) is 30.4 Å². The van der Waals surface area contributed by atoms with Gasteiger partial charge in [0.15, 0.2) is 29.4 Å². The molecule has 0 aromatic carbocycles. The molecule has 0 saturated heterocycles. The van der Waals surface area contributed by atoms with Gasteiger partial charge < -0.3 is 29.3 Å². The fourth-order valence-electron chi connectivity index (χ4n) is 4.14. The molecule has 10 nitrogen and oxygen atoms in total. The van der Waals surface area contributed by atoms with Crippen LogP contribution in [0.2, 0.25) is 0 Å². The highest BCUT2D eigenvalue weighted by Crippen LogP contribution is 2.19. The maximum Gasteiger partial charge on any atom is 0.185 e. The normalized spacial score (nSPS) is 22.5. The summed E-state index contributed by atoms with van der Waals surface area (Å²) in [6.45, 7) is 7.65. The summed E-state index contributed by atoms with van der Waals surface area (Å²) in [5.41, 5.74) is 1.56. The summed E-state index contributed by atoms with van der Waals surface area (Å²) in [5.74, 6) is 1.13. The molecular formula is C33H44O10. The number of carbonyl (C=O) groups excluding carboxylic acids is 4. The van der Waals surface area contributed by atoms with E-state index in [1.165, 1.54) is 12.3 Å². The molecule has 236 valence electrons. The minimum absolute atomic E-state index is 0.0602. The van der Waals surface area contributed by atoms with Crippen LogP contribution in [0.4, 0.5) is 0 Å². The van der Waals surface area contributed by atoms with Gasteiger partial charge in [-0.2, -0.15) is 0 Å². The SMILES string of the molecule is CCC(O)c1ccco1.CCC1=CC(O)CC1=O.CCC1=CC(O)CC1=O.CCC1C(=O)C=CC1O.O=Cc1ccco1. The highest BCUT2D eigenvalue weighted by Gasteiger charge is 2.26. The maximum atomic E-state index is 10.8. The topological polar surface area (TPSA) is 175 Å². The monoisotopic (exact) mass is 600 g/mol. The van der Waals surface area contributed by atoms with Crippen molar-refractivity contribution in [3.05, 3.63) is 83.8 Å². The number of ketones is 3. The van der Waals surface area contributed by atoms with Crippen LogP contribution in [0.5, 0.6) is 0 Å². The molecule has 5 unspecified atom stereocenters. The summed E-state index contributed by atoms with van der Waals surface area (Å²) in [6.07, 6.45) is 11.5. The van der Waals surface area contributed by atoms with Crippen molar-refractivity contribution in [1.82, 2.24) is 0 Å². The van der Waals surface area contributed by atoms with E-state index in [9.17, 15) is 19.2 Å². The van der Waals surface area contributed by atoms with Crippen molar-refractivity contribution in [3.8, 4) is 0 Å². The first-order valence-corrected chi connectivity index (χ1v) is 14.4. The molecule has 0 aliphatic heterocycles. The molecule has 10 heteroatoms. The van der Waals surface area contributed by atoms with Crippen molar-refractivity contribution in [2.75, 3.05) is 0 Å². The van der Waals surface area contributed by atoms with E-state index in [2.05, 4.69) is 4.42 Å². The van der Waals surface area contributed by atoms with Crippen molar-refractivity contribution < 1.29 is 48.4 Å². The van der Waals surface area contributed by atoms with E-state index in [1.807, 2.05) is 27.7 Å². The summed E-state index contributed by atoms with van der Waals surface area (Å²) in [5, 5.41) is 36.0. The zero-order valence-corrected chi connectivity index (χ0v) is 25.2. The molecule has 2 aromatic rings. The number of furan rings is 2. The third kappa shape index (κ3) is 13.4. The lowest BCUT2D eigenvalue weighted by Gasteiger charge is -2.07. The molecule has 2 heterocycles. The average Bonchev–Trinajstić information content (AvgIpc) is 3.83. The molecule has 0 amide bonds. The number of carbonyl (C=O) groups is 4. The first-order chi connectivity index (χ1) is 20.5. The largest absolute Gasteiger partial charge is 0.467 e. The van der Waals surface area contributed by atoms with E-state index in [1.54, 1.807) is 48.8 Å². The third-order valence-electron chi connectivity index (χ3n) is 6.65. The van der Waals surface area contributed by atoms with Gasteiger partial charge in [-0.05, 0) is 79.3 Å². The molecule has 43 heavy (non-hydrogen) atoms. The van der Waals surface area contributed by atoms with Crippen molar-refractivity contribution in [1.29, 1.82) is 0 Å². The van der Waals surface area contributed by atoms with Crippen molar-refractivity contribution in [2.24, 2.45) is 5.92 Å². The molecule has 4 N–H and O–H groups in total. The average molecular weight is 601 g/mol. The number of rotatable bonds is 6. The smallest absolute Gasteiger partial charge is 0.185 e. The molecule has 5 atom stereocenters. The summed E-state index contributed by atoms with van der Waals surface area (Å²) < 4.78 is 9.55. The first-order valence-electron chi connectivity index (χ1n) is 14.4. The van der Waals surface area contributed by atoms with Gasteiger partial charge in [-0.3, -0.25) is 19.2 Å². The van der Waals surface area contributed by atoms with E-state index in [4.69, 9.17) is 24.8 Å². The highest BCUT2D eigenvalue weighted by molar-refractivity contribution is 5.98. The van der Waals surface area contributed by atoms with Crippen LogP contribution in [0.3, 0.4) is 0 Å². The Morgan fingerprint density at radius 2 is 1.40 bits per heavy atom. The molecule has 0 saturated carbocycles. The van der Waals surface area contributed by atoms with E-state index in [0.29, 0.717) is 37.1 Å². The lowest BCUT2D eigenvalue weighted by atomic mass is 10.0. The van der Waals surface area contributed by atoms with Crippen molar-refractivity contribution in [2.45, 2.75) is 90.6 Å². The fourth-order valence-corrected chi connectivity index (χ4v) is 4.14. The Morgan fingerprint density at radius 3 is 1.63 bits per heavy atom. The Morgan fingerprint density at radius 1 is 0.860 bits per heavy atom. The number of aldehydes is 1. The van der Waals surface area contributed by atoms with Crippen LogP contribution in [0.25, 0.3) is 0 Å². The van der Waals surface area contributed by atoms with Gasteiger partial charge in [0.25, 0.3) is 0 Å². The number of allylic oxidation sites excluding steroid dienone is 3. The summed E-state index contributed by atoms with van der Waals surface area (Å²) in [6, 6.07) is 6.82. The van der Waals surface area contributed by atoms with Gasteiger partial charge >= 0.3 is 0 Å². The van der Waals surface area contributed by atoms with E-state index < -0.39 is 24.4 Å². The molecule has 0 radical (unpaired) electrons. The van der Waals surface area contributed by atoms with Gasteiger partial charge in [0.2, 0.25) is 0 Å². The van der Waals surface area contributed by atoms with Crippen LogP contribution in [0, 0.1) is 5.92 Å². The number of Topliss-reactive ketones (excluding diaryl/α,β-unsaturated/α-hetero) is 2. The van der Waals surface area contributed by atoms with Gasteiger partial charge in [-0.25, -0.2) is 0 Å². The van der Waals surface area contributed by atoms with Crippen LogP contribution in [0.1, 0.15) is 88.6 Å². The Balaban J connectivity index is 0.000000269. The lowest BCUT2D eigenvalue weighted by Crippen LogP contribution is -2.18. The third-order valence-corrected chi connectivity index (χ3v) is 6.65. The zero-order chi connectivity index (χ0) is 32.4. The maximum absolute atomic E-state index is 10.8. The molecule has 5 rings (SSSR count). The molecule has 0 fully saturated rings. The number of aliphatic hydroxyl groups excluding tert-OH is 4. The van der Waals surface area contributed by atoms with Crippen LogP contribution >= 0.6 is 0 Å². The molecule has 0 spiro atoms. The molecular weight excluding hydrogens is 556 g/mol. The van der Waals surface area contributed by atoms with E-state index >= 15 is 0 Å². The van der Waals surface area contributed by atoms with Crippen LogP contribution in [0.15, 0.2) is 81.1 Å². The predicted molar refractivity (Wildman–Crippen MR) is 160 cm³/mol. The Labute approximate surface area is 252 Å². The van der Waals surface area contributed by atoms with Crippen LogP contribution in [-0.4, -0.2) is 62.4 Å². The van der Waals surface area contributed by atoms with Crippen molar-refractivity contribution in [3.63, 3.8) is 0 Å². The van der Waals surface area contributed by atoms with Gasteiger partial charge in [-0.1, -0.05) is 33.8 Å². The minimum atomic E-state index is -0.525. The van der Waals surface area contributed by atoms with Crippen LogP contribution < -0.4 is 0 Å². The van der Waals surface area contributed by atoms with E-state index in [-0.39, 0.29) is 23.3 Å². The Bertz CT molecular complexity index is 1160. The lowest BCUT2D eigenvalue weighted by molar-refractivity contribution is -0.119.